The number of rotatable bonds is 5. The maximum atomic E-state index is 12.5. The lowest BCUT2D eigenvalue weighted by Crippen LogP contribution is -2.55. The van der Waals surface area contributed by atoms with Gasteiger partial charge in [0.25, 0.3) is 5.91 Å². The number of alkyl halides is 3. The molecule has 30 heavy (non-hydrogen) atoms. The van der Waals surface area contributed by atoms with Crippen LogP contribution in [0.25, 0.3) is 0 Å². The molecule has 2 fully saturated rings. The van der Waals surface area contributed by atoms with Gasteiger partial charge in [-0.3, -0.25) is 9.79 Å². The molecule has 1 unspecified atom stereocenters. The predicted octanol–water partition coefficient (Wildman–Crippen LogP) is 2.03. The van der Waals surface area contributed by atoms with Crippen molar-refractivity contribution >= 4 is 11.9 Å². The van der Waals surface area contributed by atoms with Gasteiger partial charge in [-0.2, -0.15) is 13.2 Å². The molecule has 3 rings (SSSR count). The number of halogens is 3. The molecule has 1 aromatic carbocycles. The maximum absolute atomic E-state index is 12.5. The summed E-state index contributed by atoms with van der Waals surface area (Å²) in [5.41, 5.74) is 0.891. The molecule has 10 heteroatoms. The minimum absolute atomic E-state index is 0.0722. The van der Waals surface area contributed by atoms with E-state index in [1.807, 2.05) is 4.90 Å². The van der Waals surface area contributed by atoms with Crippen LogP contribution >= 0.6 is 0 Å². The van der Waals surface area contributed by atoms with Crippen LogP contribution in [0.15, 0.2) is 29.3 Å². The van der Waals surface area contributed by atoms with Gasteiger partial charge in [0, 0.05) is 46.4 Å². The van der Waals surface area contributed by atoms with Crippen LogP contribution in [0.4, 0.5) is 13.2 Å². The predicted molar refractivity (Wildman–Crippen MR) is 105 cm³/mol. The number of amides is 1. The minimum atomic E-state index is -4.36. The monoisotopic (exact) mass is 428 g/mol. The summed E-state index contributed by atoms with van der Waals surface area (Å²) in [4.78, 5) is 20.7. The molecule has 0 aliphatic carbocycles. The number of hydrogen-bond donors (Lipinski definition) is 1. The van der Waals surface area contributed by atoms with Crippen LogP contribution in [-0.2, 0) is 16.1 Å². The van der Waals surface area contributed by atoms with E-state index >= 15 is 0 Å². The van der Waals surface area contributed by atoms with E-state index in [4.69, 9.17) is 9.47 Å². The van der Waals surface area contributed by atoms with Crippen molar-refractivity contribution in [2.45, 2.75) is 31.7 Å². The van der Waals surface area contributed by atoms with Crippen molar-refractivity contribution in [3.05, 3.63) is 29.8 Å². The number of piperazine rings is 1. The molecular formula is C20H27F3N4O3. The Balaban J connectivity index is 1.44. The molecule has 2 aliphatic rings. The topological polar surface area (TPSA) is 66.4 Å². The van der Waals surface area contributed by atoms with Crippen molar-refractivity contribution in [1.82, 2.24) is 15.1 Å². The Morgan fingerprint density at radius 2 is 1.87 bits per heavy atom. The van der Waals surface area contributed by atoms with Crippen LogP contribution in [0.3, 0.4) is 0 Å². The van der Waals surface area contributed by atoms with Gasteiger partial charge < -0.3 is 24.6 Å². The quantitative estimate of drug-likeness (QED) is 0.574. The molecule has 2 heterocycles. The molecule has 0 bridgehead atoms. The van der Waals surface area contributed by atoms with E-state index in [2.05, 4.69) is 15.2 Å². The molecule has 1 atom stereocenters. The highest BCUT2D eigenvalue weighted by Crippen LogP contribution is 2.19. The summed E-state index contributed by atoms with van der Waals surface area (Å²) in [6, 6.07) is 6.45. The molecule has 1 N–H and O–H groups in total. The lowest BCUT2D eigenvalue weighted by Gasteiger charge is -2.37. The van der Waals surface area contributed by atoms with Crippen LogP contribution in [0.1, 0.15) is 18.4 Å². The first-order chi connectivity index (χ1) is 14.4. The van der Waals surface area contributed by atoms with Crippen molar-refractivity contribution in [3.8, 4) is 5.75 Å². The van der Waals surface area contributed by atoms with Gasteiger partial charge in [0.05, 0.1) is 0 Å². The summed E-state index contributed by atoms with van der Waals surface area (Å²) >= 11 is 0. The van der Waals surface area contributed by atoms with Crippen molar-refractivity contribution < 1.29 is 27.4 Å². The van der Waals surface area contributed by atoms with Crippen molar-refractivity contribution in [3.63, 3.8) is 0 Å². The lowest BCUT2D eigenvalue weighted by atomic mass is 10.2. The van der Waals surface area contributed by atoms with E-state index in [0.717, 1.165) is 24.4 Å². The average Bonchev–Trinajstić information content (AvgIpc) is 3.28. The van der Waals surface area contributed by atoms with Crippen LogP contribution in [-0.4, -0.2) is 80.4 Å². The smallest absolute Gasteiger partial charge is 0.422 e. The summed E-state index contributed by atoms with van der Waals surface area (Å²) < 4.78 is 46.8. The molecule has 0 radical (unpaired) electrons. The molecule has 0 aromatic heterocycles. The first-order valence-electron chi connectivity index (χ1n) is 10.0. The highest BCUT2D eigenvalue weighted by atomic mass is 19.4. The number of carbonyl (C=O) groups excluding carboxylic acids is 1. The first kappa shape index (κ1) is 22.2. The second kappa shape index (κ2) is 10.0. The van der Waals surface area contributed by atoms with Gasteiger partial charge in [0.1, 0.15) is 11.9 Å². The third-order valence-corrected chi connectivity index (χ3v) is 5.08. The van der Waals surface area contributed by atoms with E-state index in [9.17, 15) is 18.0 Å². The Morgan fingerprint density at radius 1 is 1.20 bits per heavy atom. The Labute approximate surface area is 173 Å². The standard InChI is InChI=1S/C20H27F3N4O3/c1-24-19(25-13-15-4-6-16(7-5-15)30-14-20(21,22)23)27-10-8-26(9-11-27)18(28)17-3-2-12-29-17/h4-7,17H,2-3,8-14H2,1H3,(H,24,25). The number of carbonyl (C=O) groups is 1. The van der Waals surface area contributed by atoms with Gasteiger partial charge >= 0.3 is 6.18 Å². The summed E-state index contributed by atoms with van der Waals surface area (Å²) in [7, 11) is 1.69. The molecule has 7 nitrogen and oxygen atoms in total. The Bertz CT molecular complexity index is 726. The Kier molecular flexibility index (Phi) is 7.41. The first-order valence-corrected chi connectivity index (χ1v) is 10.0. The normalized spacial score (nSPS) is 20.4. The number of nitrogens with zero attached hydrogens (tertiary/aromatic N) is 3. The van der Waals surface area contributed by atoms with E-state index in [1.165, 1.54) is 12.1 Å². The fourth-order valence-corrected chi connectivity index (χ4v) is 3.50. The average molecular weight is 428 g/mol. The minimum Gasteiger partial charge on any atom is -0.484 e. The highest BCUT2D eigenvalue weighted by molar-refractivity contribution is 5.82. The lowest BCUT2D eigenvalue weighted by molar-refractivity contribution is -0.153. The van der Waals surface area contributed by atoms with E-state index in [-0.39, 0.29) is 17.8 Å². The number of guanidine groups is 1. The summed E-state index contributed by atoms with van der Waals surface area (Å²) in [5, 5.41) is 3.26. The van der Waals surface area contributed by atoms with Crippen LogP contribution in [0, 0.1) is 0 Å². The molecule has 1 aromatic rings. The number of nitrogens with one attached hydrogen (secondary N) is 1. The number of aliphatic imine (C=N–C) groups is 1. The van der Waals surface area contributed by atoms with Gasteiger partial charge in [-0.1, -0.05) is 12.1 Å². The largest absolute Gasteiger partial charge is 0.484 e. The number of ether oxygens (including phenoxy) is 2. The van der Waals surface area contributed by atoms with Crippen LogP contribution in [0.2, 0.25) is 0 Å². The SMILES string of the molecule is CN=C(NCc1ccc(OCC(F)(F)F)cc1)N1CCN(C(=O)C2CCCO2)CC1. The fourth-order valence-electron chi connectivity index (χ4n) is 3.50. The third-order valence-electron chi connectivity index (χ3n) is 5.08. The Hall–Kier alpha value is -2.49. The van der Waals surface area contributed by atoms with Gasteiger partial charge in [-0.05, 0) is 30.5 Å². The van der Waals surface area contributed by atoms with Crippen molar-refractivity contribution in [2.24, 2.45) is 4.99 Å². The van der Waals surface area contributed by atoms with E-state index in [0.29, 0.717) is 39.3 Å². The van der Waals surface area contributed by atoms with E-state index < -0.39 is 12.8 Å². The number of hydrogen-bond acceptors (Lipinski definition) is 4. The zero-order valence-corrected chi connectivity index (χ0v) is 17.0. The maximum Gasteiger partial charge on any atom is 0.422 e. The van der Waals surface area contributed by atoms with Crippen molar-refractivity contribution in [2.75, 3.05) is 46.4 Å². The molecular weight excluding hydrogens is 401 g/mol. The molecule has 0 saturated carbocycles. The molecule has 166 valence electrons. The molecule has 2 saturated heterocycles. The van der Waals surface area contributed by atoms with Gasteiger partial charge in [-0.25, -0.2) is 0 Å². The molecule has 1 amide bonds. The van der Waals surface area contributed by atoms with Gasteiger partial charge in [0.2, 0.25) is 0 Å². The highest BCUT2D eigenvalue weighted by Gasteiger charge is 2.31. The fraction of sp³-hybridized carbons (Fsp3) is 0.600. The molecule has 2 aliphatic heterocycles. The third kappa shape index (κ3) is 6.25. The van der Waals surface area contributed by atoms with Crippen LogP contribution < -0.4 is 10.1 Å². The van der Waals surface area contributed by atoms with E-state index in [1.54, 1.807) is 19.2 Å². The van der Waals surface area contributed by atoms with Crippen LogP contribution in [0.5, 0.6) is 5.75 Å². The second-order valence-corrected chi connectivity index (χ2v) is 7.26. The van der Waals surface area contributed by atoms with Gasteiger partial charge in [0.15, 0.2) is 12.6 Å². The zero-order chi connectivity index (χ0) is 21.6. The molecule has 0 spiro atoms. The second-order valence-electron chi connectivity index (χ2n) is 7.26. The summed E-state index contributed by atoms with van der Waals surface area (Å²) in [6.45, 7) is 2.39. The zero-order valence-electron chi connectivity index (χ0n) is 17.0. The van der Waals surface area contributed by atoms with Gasteiger partial charge in [-0.15, -0.1) is 0 Å². The number of benzene rings is 1. The van der Waals surface area contributed by atoms with Crippen molar-refractivity contribution in [1.29, 1.82) is 0 Å². The summed E-state index contributed by atoms with van der Waals surface area (Å²) in [6.07, 6.45) is -2.92. The summed E-state index contributed by atoms with van der Waals surface area (Å²) in [5.74, 6) is 0.965. The Morgan fingerprint density at radius 3 is 2.43 bits per heavy atom.